The highest BCUT2D eigenvalue weighted by molar-refractivity contribution is 7.90. The van der Waals surface area contributed by atoms with Crippen molar-refractivity contribution in [2.45, 2.75) is 63.2 Å². The highest BCUT2D eigenvalue weighted by atomic mass is 32.2. The summed E-state index contributed by atoms with van der Waals surface area (Å²) >= 11 is 0. The molecule has 6 heterocycles. The number of carbonyl (C=O) groups excluding carboxylic acids is 5. The normalized spacial score (nSPS) is 20.0. The Morgan fingerprint density at radius 1 is 0.905 bits per heavy atom. The van der Waals surface area contributed by atoms with Gasteiger partial charge in [-0.1, -0.05) is 30.3 Å². The van der Waals surface area contributed by atoms with Gasteiger partial charge in [0, 0.05) is 79.1 Å². The Morgan fingerprint density at radius 2 is 1.68 bits per heavy atom. The summed E-state index contributed by atoms with van der Waals surface area (Å²) in [5, 5.41) is 2.61. The molecular weight excluding hydrogens is 840 g/mol. The Labute approximate surface area is 360 Å². The summed E-state index contributed by atoms with van der Waals surface area (Å²) in [5.74, 6) is -4.45. The number of nitrogens with zero attached hydrogens (tertiary/aromatic N) is 4. The zero-order valence-electron chi connectivity index (χ0n) is 33.8. The van der Waals surface area contributed by atoms with Crippen molar-refractivity contribution in [3.05, 3.63) is 118 Å². The van der Waals surface area contributed by atoms with Crippen LogP contribution in [0.15, 0.2) is 73.1 Å². The van der Waals surface area contributed by atoms with Crippen molar-refractivity contribution < 1.29 is 45.6 Å². The fraction of sp³-hybridized carbons (Fsp3) is 0.333. The molecule has 0 aliphatic carbocycles. The van der Waals surface area contributed by atoms with Gasteiger partial charge in [0.15, 0.2) is 11.6 Å². The minimum Gasteiger partial charge on any atom is -0.345 e. The van der Waals surface area contributed by atoms with Crippen molar-refractivity contribution in [3.63, 3.8) is 0 Å². The van der Waals surface area contributed by atoms with Gasteiger partial charge in [-0.2, -0.15) is 12.7 Å². The first-order valence-electron chi connectivity index (χ1n) is 20.8. The summed E-state index contributed by atoms with van der Waals surface area (Å²) in [5.41, 5.74) is 2.93. The fourth-order valence-corrected chi connectivity index (χ4v) is 10.3. The number of nitrogens with one attached hydrogen (secondary N) is 3. The van der Waals surface area contributed by atoms with E-state index in [2.05, 4.69) is 20.2 Å². The molecular formula is C45H42F3N7O7S. The fourth-order valence-electron chi connectivity index (χ4n) is 9.02. The van der Waals surface area contributed by atoms with Crippen LogP contribution in [0.4, 0.5) is 18.9 Å². The molecule has 2 atom stereocenters. The van der Waals surface area contributed by atoms with Crippen LogP contribution in [0.3, 0.4) is 0 Å². The molecule has 3 fully saturated rings. The van der Waals surface area contributed by atoms with Crippen molar-refractivity contribution in [1.82, 2.24) is 29.4 Å². The van der Waals surface area contributed by atoms with Gasteiger partial charge in [-0.3, -0.25) is 34.0 Å². The molecule has 3 aromatic carbocycles. The highest BCUT2D eigenvalue weighted by Gasteiger charge is 2.39. The molecule has 5 aromatic rings. The number of aromatic amines is 1. The number of anilines is 1. The van der Waals surface area contributed by atoms with Crippen molar-refractivity contribution in [3.8, 4) is 11.1 Å². The van der Waals surface area contributed by atoms with Crippen molar-refractivity contribution >= 4 is 56.2 Å². The topological polar surface area (TPSA) is 182 Å². The number of halogens is 3. The van der Waals surface area contributed by atoms with Crippen LogP contribution in [0, 0.1) is 11.6 Å². The van der Waals surface area contributed by atoms with E-state index in [1.807, 2.05) is 29.0 Å². The Kier molecular flexibility index (Phi) is 11.2. The lowest BCUT2D eigenvalue weighted by molar-refractivity contribution is -0.136. The average molecular weight is 882 g/mol. The first-order chi connectivity index (χ1) is 30.2. The quantitative estimate of drug-likeness (QED) is 0.105. The average Bonchev–Trinajstić information content (AvgIpc) is 4.00. The number of piperidine rings is 2. The molecule has 63 heavy (non-hydrogen) atoms. The van der Waals surface area contributed by atoms with Crippen LogP contribution < -0.4 is 10.0 Å². The van der Waals surface area contributed by atoms with Gasteiger partial charge in [0.1, 0.15) is 23.7 Å². The number of carbonyl (C=O) groups is 5. The predicted octanol–water partition coefficient (Wildman–Crippen LogP) is 5.65. The lowest BCUT2D eigenvalue weighted by atomic mass is 9.88. The number of amides is 3. The number of pyridine rings is 1. The second-order valence-corrected chi connectivity index (χ2v) is 18.1. The highest BCUT2D eigenvalue weighted by Crippen LogP contribution is 2.34. The maximum atomic E-state index is 15.7. The number of fused-ring (bicyclic) bond motifs is 2. The van der Waals surface area contributed by atoms with Crippen LogP contribution in [0.5, 0.6) is 0 Å². The second kappa shape index (κ2) is 16.8. The minimum atomic E-state index is -4.37. The molecule has 9 rings (SSSR count). The van der Waals surface area contributed by atoms with Crippen LogP contribution in [-0.2, 0) is 26.3 Å². The second-order valence-electron chi connectivity index (χ2n) is 16.5. The Balaban J connectivity index is 0.808. The van der Waals surface area contributed by atoms with E-state index < -0.39 is 63.5 Å². The number of alkyl halides is 1. The summed E-state index contributed by atoms with van der Waals surface area (Å²) in [6.45, 7) is 1.90. The predicted molar refractivity (Wildman–Crippen MR) is 225 cm³/mol. The third-order valence-corrected chi connectivity index (χ3v) is 14.1. The van der Waals surface area contributed by atoms with Gasteiger partial charge in [-0.25, -0.2) is 18.2 Å². The molecule has 2 aromatic heterocycles. The zero-order chi connectivity index (χ0) is 44.2. The van der Waals surface area contributed by atoms with Crippen LogP contribution >= 0.6 is 0 Å². The maximum absolute atomic E-state index is 15.7. The molecule has 18 heteroatoms. The number of benzene rings is 3. The number of Topliss-reactive ketones (excluding diaryl/α,β-unsaturated/α-hetero) is 1. The number of hydrogen-bond donors (Lipinski definition) is 3. The zero-order valence-corrected chi connectivity index (χ0v) is 34.7. The smallest absolute Gasteiger partial charge is 0.301 e. The number of likely N-dealkylation sites (tertiary alicyclic amines) is 1. The molecule has 3 amide bonds. The summed E-state index contributed by atoms with van der Waals surface area (Å²) in [6.07, 6.45) is 4.09. The number of H-pyrrole nitrogens is 1. The largest absolute Gasteiger partial charge is 0.345 e. The van der Waals surface area contributed by atoms with Crippen LogP contribution in [0.1, 0.15) is 92.2 Å². The molecule has 0 radical (unpaired) electrons. The van der Waals surface area contributed by atoms with E-state index in [0.717, 1.165) is 53.5 Å². The molecule has 3 N–H and O–H groups in total. The molecule has 4 aliphatic rings. The van der Waals surface area contributed by atoms with Gasteiger partial charge < -0.3 is 14.8 Å². The molecule has 3 saturated heterocycles. The monoisotopic (exact) mass is 881 g/mol. The van der Waals surface area contributed by atoms with E-state index in [1.165, 1.54) is 11.1 Å². The van der Waals surface area contributed by atoms with Crippen LogP contribution in [-0.4, -0.2) is 107 Å². The SMILES string of the molecule is O=C1CCC(N2Cc3cc(C(=O)CCN4CCC(c5ccc(-c6cnc7[nH]cc(C(=O)c8c(F)ccc(NS(=O)(=O)N9CC[C@@H](F)C9)c8F)c7c6)cc5)CC4)ccc3C2=O)C(=O)N1. The van der Waals surface area contributed by atoms with E-state index in [0.29, 0.717) is 52.2 Å². The first kappa shape index (κ1) is 42.1. The van der Waals surface area contributed by atoms with E-state index in [9.17, 15) is 36.8 Å². The lowest BCUT2D eigenvalue weighted by Crippen LogP contribution is -2.52. The first-order valence-corrected chi connectivity index (χ1v) is 22.2. The summed E-state index contributed by atoms with van der Waals surface area (Å²) in [7, 11) is -4.37. The molecule has 4 aliphatic heterocycles. The van der Waals surface area contributed by atoms with Gasteiger partial charge >= 0.3 is 10.2 Å². The molecule has 0 spiro atoms. The molecule has 326 valence electrons. The van der Waals surface area contributed by atoms with Crippen molar-refractivity contribution in [2.24, 2.45) is 0 Å². The Hall–Kier alpha value is -6.24. The Morgan fingerprint density at radius 3 is 2.41 bits per heavy atom. The number of ketones is 2. The van der Waals surface area contributed by atoms with Gasteiger partial charge in [0.25, 0.3) is 5.91 Å². The van der Waals surface area contributed by atoms with Crippen LogP contribution in [0.25, 0.3) is 22.2 Å². The van der Waals surface area contributed by atoms with Crippen LogP contribution in [0.2, 0.25) is 0 Å². The summed E-state index contributed by atoms with van der Waals surface area (Å²) < 4.78 is 73.0. The van der Waals surface area contributed by atoms with Gasteiger partial charge in [0.05, 0.1) is 11.3 Å². The number of hydrogen-bond acceptors (Lipinski definition) is 9. The Bertz CT molecular complexity index is 2810. The molecule has 14 nitrogen and oxygen atoms in total. The van der Waals surface area contributed by atoms with Crippen molar-refractivity contribution in [1.29, 1.82) is 0 Å². The molecule has 1 unspecified atom stereocenters. The van der Waals surface area contributed by atoms with E-state index in [1.54, 1.807) is 30.5 Å². The van der Waals surface area contributed by atoms with Crippen molar-refractivity contribution in [2.75, 3.05) is 37.4 Å². The molecule has 0 bridgehead atoms. The number of rotatable bonds is 12. The van der Waals surface area contributed by atoms with Gasteiger partial charge in [0.2, 0.25) is 17.6 Å². The molecule has 0 saturated carbocycles. The maximum Gasteiger partial charge on any atom is 0.301 e. The van der Waals surface area contributed by atoms with Gasteiger partial charge in [-0.05, 0) is 91.7 Å². The lowest BCUT2D eigenvalue weighted by Gasteiger charge is -2.32. The standard InChI is InChI=1S/C45H42F3N7O7S/c46-31-13-18-54(24-31)63(61,62)52-36-8-7-35(47)40(41(36)48)42(58)34-22-50-43-33(34)20-29(21-49-43)26-3-1-25(2-4-26)27-11-15-53(16-12-27)17-14-38(56)28-5-6-32-30(19-28)23-55(45(32)60)37-9-10-39(57)51-44(37)59/h1-8,19-22,27,31,37,52H,9-18,23-24H2,(H,49,50)(H,51,57,59)/t31-,37?/m1/s1. The van der Waals surface area contributed by atoms with E-state index in [4.69, 9.17) is 0 Å². The van der Waals surface area contributed by atoms with E-state index in [-0.39, 0.29) is 55.5 Å². The minimum absolute atomic E-state index is 0.00566. The summed E-state index contributed by atoms with van der Waals surface area (Å²) in [4.78, 5) is 75.1. The third kappa shape index (κ3) is 8.25. The number of imide groups is 1. The van der Waals surface area contributed by atoms with Gasteiger partial charge in [-0.15, -0.1) is 0 Å². The van der Waals surface area contributed by atoms with E-state index >= 15 is 8.78 Å². The number of aromatic nitrogens is 2. The third-order valence-electron chi connectivity index (χ3n) is 12.6. The summed E-state index contributed by atoms with van der Waals surface area (Å²) in [6, 6.07) is 15.7.